The van der Waals surface area contributed by atoms with Crippen LogP contribution in [0.5, 0.6) is 0 Å². The largest absolute Gasteiger partial charge is 0.327 e. The van der Waals surface area contributed by atoms with Crippen LogP contribution in [0.4, 0.5) is 5.95 Å². The zero-order valence-electron chi connectivity index (χ0n) is 15.4. The molecule has 8 heteroatoms. The summed E-state index contributed by atoms with van der Waals surface area (Å²) in [5.41, 5.74) is 7.97. The number of amides is 1. The van der Waals surface area contributed by atoms with Crippen LogP contribution in [-0.4, -0.2) is 40.5 Å². The predicted octanol–water partition coefficient (Wildman–Crippen LogP) is 1.86. The topological polar surface area (TPSA) is 84.2 Å². The minimum atomic E-state index is -0.0674. The van der Waals surface area contributed by atoms with Gasteiger partial charge in [-0.05, 0) is 49.6 Å². The van der Waals surface area contributed by atoms with E-state index < -0.39 is 0 Å². The molecular weight excluding hydrogens is 376 g/mol. The number of carbonyl (C=O) groups excluding carboxylic acids is 1. The lowest BCUT2D eigenvalue weighted by Gasteiger charge is -2.22. The number of benzene rings is 1. The van der Waals surface area contributed by atoms with Crippen LogP contribution in [0.25, 0.3) is 22.2 Å². The Balaban J connectivity index is 1.55. The maximum atomic E-state index is 12.3. The number of hydrogen-bond acceptors (Lipinski definition) is 5. The molecule has 28 heavy (non-hydrogen) atoms. The number of aromatic nitrogens is 3. The summed E-state index contributed by atoms with van der Waals surface area (Å²) in [6.45, 7) is 2.55. The Kier molecular flexibility index (Phi) is 5.64. The Bertz CT molecular complexity index is 975. The van der Waals surface area contributed by atoms with Crippen molar-refractivity contribution in [1.82, 2.24) is 20.4 Å². The molecule has 1 saturated heterocycles. The van der Waals surface area contributed by atoms with E-state index in [1.165, 1.54) is 24.2 Å². The summed E-state index contributed by atoms with van der Waals surface area (Å²) >= 11 is 6.17. The van der Waals surface area contributed by atoms with Gasteiger partial charge in [-0.25, -0.2) is 9.97 Å². The Labute approximate surface area is 168 Å². The van der Waals surface area contributed by atoms with Gasteiger partial charge in [0.05, 0.1) is 24.3 Å². The highest BCUT2D eigenvalue weighted by molar-refractivity contribution is 6.31. The molecule has 1 amide bonds. The minimum absolute atomic E-state index is 0.0674. The van der Waals surface area contributed by atoms with Crippen molar-refractivity contribution in [3.63, 3.8) is 0 Å². The monoisotopic (exact) mass is 397 g/mol. The predicted molar refractivity (Wildman–Crippen MR) is 109 cm³/mol. The fourth-order valence-electron chi connectivity index (χ4n) is 3.51. The van der Waals surface area contributed by atoms with Crippen molar-refractivity contribution in [2.45, 2.75) is 19.3 Å². The smallest absolute Gasteiger partial charge is 0.293 e. The summed E-state index contributed by atoms with van der Waals surface area (Å²) in [6.07, 6.45) is 7.05. The SMILES string of the molecule is O=C(C[NH+]1CCCCC1)NNc1nc(-c2ccncc2)c2cc(Cl)ccc2n1. The van der Waals surface area contributed by atoms with Gasteiger partial charge in [0, 0.05) is 28.4 Å². The van der Waals surface area contributed by atoms with Gasteiger partial charge in [-0.15, -0.1) is 0 Å². The number of piperidine rings is 1. The van der Waals surface area contributed by atoms with Crippen LogP contribution in [-0.2, 0) is 4.79 Å². The standard InChI is InChI=1S/C20H21ClN6O/c21-15-4-5-17-16(12-15)19(14-6-8-22-9-7-14)24-20(23-17)26-25-18(28)13-27-10-2-1-3-11-27/h4-9,12H,1-3,10-11,13H2,(H,25,28)(H,23,24,26)/p+1. The lowest BCUT2D eigenvalue weighted by atomic mass is 10.1. The molecule has 0 aliphatic carbocycles. The molecule has 2 aromatic heterocycles. The molecule has 3 N–H and O–H groups in total. The molecule has 0 bridgehead atoms. The quantitative estimate of drug-likeness (QED) is 0.572. The number of anilines is 1. The molecule has 7 nitrogen and oxygen atoms in total. The first-order chi connectivity index (χ1) is 13.7. The Morgan fingerprint density at radius 2 is 1.86 bits per heavy atom. The lowest BCUT2D eigenvalue weighted by molar-refractivity contribution is -0.896. The van der Waals surface area contributed by atoms with E-state index in [9.17, 15) is 4.79 Å². The van der Waals surface area contributed by atoms with Gasteiger partial charge in [0.1, 0.15) is 0 Å². The molecule has 1 aromatic carbocycles. The maximum absolute atomic E-state index is 12.3. The Morgan fingerprint density at radius 3 is 2.64 bits per heavy atom. The fraction of sp³-hybridized carbons (Fsp3) is 0.300. The zero-order valence-corrected chi connectivity index (χ0v) is 16.2. The molecule has 3 aromatic rings. The first-order valence-corrected chi connectivity index (χ1v) is 9.83. The second-order valence-corrected chi connectivity index (χ2v) is 7.39. The molecule has 0 saturated carbocycles. The van der Waals surface area contributed by atoms with Crippen LogP contribution < -0.4 is 15.8 Å². The summed E-state index contributed by atoms with van der Waals surface area (Å²) in [4.78, 5) is 26.8. The summed E-state index contributed by atoms with van der Waals surface area (Å²) in [7, 11) is 0. The third kappa shape index (κ3) is 4.37. The van der Waals surface area contributed by atoms with Crippen LogP contribution in [0, 0.1) is 0 Å². The molecule has 1 aliphatic heterocycles. The molecule has 3 heterocycles. The van der Waals surface area contributed by atoms with E-state index in [2.05, 4.69) is 25.8 Å². The fourth-order valence-corrected chi connectivity index (χ4v) is 3.68. The first kappa shape index (κ1) is 18.6. The van der Waals surface area contributed by atoms with E-state index in [1.54, 1.807) is 18.5 Å². The number of carbonyl (C=O) groups is 1. The third-order valence-corrected chi connectivity index (χ3v) is 5.13. The van der Waals surface area contributed by atoms with Crippen molar-refractivity contribution in [1.29, 1.82) is 0 Å². The van der Waals surface area contributed by atoms with Crippen LogP contribution in [0.1, 0.15) is 19.3 Å². The van der Waals surface area contributed by atoms with Gasteiger partial charge < -0.3 is 4.90 Å². The summed E-state index contributed by atoms with van der Waals surface area (Å²) in [5.74, 6) is 0.269. The van der Waals surface area contributed by atoms with E-state index >= 15 is 0 Å². The highest BCUT2D eigenvalue weighted by atomic mass is 35.5. The number of nitrogens with one attached hydrogen (secondary N) is 3. The van der Waals surface area contributed by atoms with Crippen LogP contribution in [0.15, 0.2) is 42.7 Å². The van der Waals surface area contributed by atoms with Crippen molar-refractivity contribution < 1.29 is 9.69 Å². The number of nitrogens with zero attached hydrogens (tertiary/aromatic N) is 3. The minimum Gasteiger partial charge on any atom is -0.327 e. The maximum Gasteiger partial charge on any atom is 0.293 e. The van der Waals surface area contributed by atoms with Crippen molar-refractivity contribution in [2.24, 2.45) is 0 Å². The van der Waals surface area contributed by atoms with Gasteiger partial charge in [0.15, 0.2) is 6.54 Å². The van der Waals surface area contributed by atoms with Gasteiger partial charge >= 0.3 is 0 Å². The van der Waals surface area contributed by atoms with Gasteiger partial charge in [-0.2, -0.15) is 0 Å². The number of rotatable bonds is 5. The average molecular weight is 398 g/mol. The van der Waals surface area contributed by atoms with E-state index in [0.29, 0.717) is 17.5 Å². The van der Waals surface area contributed by atoms with Crippen LogP contribution in [0.3, 0.4) is 0 Å². The molecule has 0 atom stereocenters. The van der Waals surface area contributed by atoms with Gasteiger partial charge in [-0.1, -0.05) is 11.6 Å². The number of pyridine rings is 1. The molecule has 4 rings (SSSR count). The van der Waals surface area contributed by atoms with Crippen molar-refractivity contribution >= 4 is 34.4 Å². The second-order valence-electron chi connectivity index (χ2n) is 6.95. The van der Waals surface area contributed by atoms with Gasteiger partial charge in [0.2, 0.25) is 5.95 Å². The van der Waals surface area contributed by atoms with E-state index in [4.69, 9.17) is 11.6 Å². The number of likely N-dealkylation sites (tertiary alicyclic amines) is 1. The van der Waals surface area contributed by atoms with E-state index in [0.717, 1.165) is 35.2 Å². The number of quaternary nitrogens is 1. The molecular formula is C20H22ClN6O+. The number of hydrazine groups is 1. The molecule has 0 unspecified atom stereocenters. The highest BCUT2D eigenvalue weighted by Gasteiger charge is 2.17. The van der Waals surface area contributed by atoms with E-state index in [-0.39, 0.29) is 5.91 Å². The average Bonchev–Trinajstić information content (AvgIpc) is 2.73. The van der Waals surface area contributed by atoms with Gasteiger partial charge in [-0.3, -0.25) is 20.6 Å². The Hall–Kier alpha value is -2.77. The number of fused-ring (bicyclic) bond motifs is 1. The molecule has 0 spiro atoms. The summed E-state index contributed by atoms with van der Waals surface area (Å²) < 4.78 is 0. The molecule has 144 valence electrons. The zero-order chi connectivity index (χ0) is 19.3. The summed E-state index contributed by atoms with van der Waals surface area (Å²) in [6, 6.07) is 9.23. The number of hydrogen-bond donors (Lipinski definition) is 3. The second kappa shape index (κ2) is 8.50. The molecule has 1 aliphatic rings. The molecule has 1 fully saturated rings. The number of halogens is 1. The van der Waals surface area contributed by atoms with Crippen molar-refractivity contribution in [2.75, 3.05) is 25.1 Å². The van der Waals surface area contributed by atoms with Crippen molar-refractivity contribution in [3.05, 3.63) is 47.7 Å². The summed E-state index contributed by atoms with van der Waals surface area (Å²) in [5, 5.41) is 1.46. The Morgan fingerprint density at radius 1 is 1.07 bits per heavy atom. The third-order valence-electron chi connectivity index (χ3n) is 4.90. The van der Waals surface area contributed by atoms with Crippen LogP contribution in [0.2, 0.25) is 5.02 Å². The van der Waals surface area contributed by atoms with Crippen molar-refractivity contribution in [3.8, 4) is 11.3 Å². The molecule has 0 radical (unpaired) electrons. The first-order valence-electron chi connectivity index (χ1n) is 9.45. The van der Waals surface area contributed by atoms with Gasteiger partial charge in [0.25, 0.3) is 5.91 Å². The van der Waals surface area contributed by atoms with E-state index in [1.807, 2.05) is 24.3 Å². The van der Waals surface area contributed by atoms with Crippen LogP contribution >= 0.6 is 11.6 Å². The highest BCUT2D eigenvalue weighted by Crippen LogP contribution is 2.28. The normalized spacial score (nSPS) is 14.8. The lowest BCUT2D eigenvalue weighted by Crippen LogP contribution is -3.14.